The van der Waals surface area contributed by atoms with E-state index in [0.717, 1.165) is 42.0 Å². The quantitative estimate of drug-likeness (QED) is 0.306. The average molecular weight is 524 g/mol. The van der Waals surface area contributed by atoms with Crippen LogP contribution in [0.3, 0.4) is 0 Å². The fraction of sp³-hybridized carbons (Fsp3) is 0.214. The molecule has 0 bridgehead atoms. The first-order chi connectivity index (χ1) is 17.8. The molecule has 0 spiro atoms. The molecule has 1 amide bonds. The van der Waals surface area contributed by atoms with E-state index in [4.69, 9.17) is 0 Å². The van der Waals surface area contributed by atoms with E-state index < -0.39 is 32.5 Å². The molecule has 0 saturated carbocycles. The van der Waals surface area contributed by atoms with Crippen molar-refractivity contribution in [3.63, 3.8) is 0 Å². The number of nitrogens with zero attached hydrogens (tertiary/aromatic N) is 2. The van der Waals surface area contributed by atoms with Crippen LogP contribution in [0.15, 0.2) is 90.1 Å². The van der Waals surface area contributed by atoms with E-state index in [2.05, 4.69) is 23.3 Å². The number of rotatable bonds is 11. The first-order valence-electron chi connectivity index (χ1n) is 11.9. The summed E-state index contributed by atoms with van der Waals surface area (Å²) in [4.78, 5) is 12.0. The minimum atomic E-state index is -4.31. The zero-order valence-corrected chi connectivity index (χ0v) is 20.9. The molecule has 1 aromatic heterocycles. The molecule has 0 aliphatic carbocycles. The summed E-state index contributed by atoms with van der Waals surface area (Å²) in [5.74, 6) is -3.19. The molecule has 0 aliphatic heterocycles. The van der Waals surface area contributed by atoms with Crippen molar-refractivity contribution in [2.24, 2.45) is 0 Å². The number of hydrogen-bond donors (Lipinski definition) is 1. The number of aromatic nitrogens is 2. The highest BCUT2D eigenvalue weighted by Gasteiger charge is 2.20. The molecule has 0 unspecified atom stereocenters. The molecule has 4 aromatic rings. The summed E-state index contributed by atoms with van der Waals surface area (Å²) < 4.78 is 55.3. The number of aryl methyl sites for hydroxylation is 3. The lowest BCUT2D eigenvalue weighted by Crippen LogP contribution is -2.30. The SMILES string of the molecule is O=C(CCc1ccc(Cn2cccn2)cc1CCCc1ccccc1)NS(=O)(=O)c1ccc(F)c(F)c1. The number of benzene rings is 3. The van der Waals surface area contributed by atoms with Gasteiger partial charge in [0.05, 0.1) is 11.4 Å². The molecule has 1 N–H and O–H groups in total. The van der Waals surface area contributed by atoms with E-state index in [9.17, 15) is 22.0 Å². The summed E-state index contributed by atoms with van der Waals surface area (Å²) in [5, 5.41) is 4.26. The largest absolute Gasteiger partial charge is 0.274 e. The molecule has 0 aliphatic rings. The molecule has 0 fully saturated rings. The van der Waals surface area contributed by atoms with Gasteiger partial charge in [-0.1, -0.05) is 48.5 Å². The fourth-order valence-electron chi connectivity index (χ4n) is 4.11. The predicted octanol–water partition coefficient (Wildman–Crippen LogP) is 4.82. The highest BCUT2D eigenvalue weighted by atomic mass is 32.2. The van der Waals surface area contributed by atoms with Gasteiger partial charge in [-0.2, -0.15) is 5.10 Å². The molecule has 0 radical (unpaired) electrons. The van der Waals surface area contributed by atoms with Gasteiger partial charge in [0.1, 0.15) is 0 Å². The van der Waals surface area contributed by atoms with Crippen molar-refractivity contribution >= 4 is 15.9 Å². The van der Waals surface area contributed by atoms with Gasteiger partial charge in [-0.25, -0.2) is 21.9 Å². The second-order valence-corrected chi connectivity index (χ2v) is 10.4. The standard InChI is InChI=1S/C28H27F2N3O3S/c29-26-14-13-25(19-27(26)30)37(35,36)32-28(34)15-12-23-11-10-22(20-33-17-5-16-31-33)18-24(23)9-4-8-21-6-2-1-3-7-21/h1-3,5-7,10-11,13-14,16-19H,4,8-9,12,15,20H2,(H,32,34). The zero-order valence-electron chi connectivity index (χ0n) is 20.1. The number of amides is 1. The van der Waals surface area contributed by atoms with Crippen molar-refractivity contribution in [3.8, 4) is 0 Å². The van der Waals surface area contributed by atoms with Crippen LogP contribution in [-0.2, 0) is 40.6 Å². The Morgan fingerprint density at radius 1 is 0.838 bits per heavy atom. The molecule has 1 heterocycles. The van der Waals surface area contributed by atoms with E-state index in [-0.39, 0.29) is 6.42 Å². The summed E-state index contributed by atoms with van der Waals surface area (Å²) >= 11 is 0. The minimum Gasteiger partial charge on any atom is -0.274 e. The Morgan fingerprint density at radius 2 is 1.65 bits per heavy atom. The van der Waals surface area contributed by atoms with Gasteiger partial charge in [0.25, 0.3) is 10.0 Å². The van der Waals surface area contributed by atoms with Gasteiger partial charge in [-0.15, -0.1) is 0 Å². The lowest BCUT2D eigenvalue weighted by atomic mass is 9.95. The number of nitrogens with one attached hydrogen (secondary N) is 1. The Labute approximate surface area is 215 Å². The highest BCUT2D eigenvalue weighted by Crippen LogP contribution is 2.19. The normalized spacial score (nSPS) is 11.4. The number of hydrogen-bond acceptors (Lipinski definition) is 4. The van der Waals surface area contributed by atoms with Gasteiger partial charge in [-0.3, -0.25) is 9.48 Å². The van der Waals surface area contributed by atoms with Gasteiger partial charge in [-0.05, 0) is 72.2 Å². The summed E-state index contributed by atoms with van der Waals surface area (Å²) in [6.45, 7) is 0.617. The molecule has 3 aromatic carbocycles. The molecule has 37 heavy (non-hydrogen) atoms. The van der Waals surface area contributed by atoms with E-state index >= 15 is 0 Å². The number of halogens is 2. The van der Waals surface area contributed by atoms with Crippen molar-refractivity contribution in [1.82, 2.24) is 14.5 Å². The molecule has 9 heteroatoms. The summed E-state index contributed by atoms with van der Waals surface area (Å²) in [5.41, 5.74) is 4.38. The maximum absolute atomic E-state index is 13.5. The van der Waals surface area contributed by atoms with Crippen molar-refractivity contribution in [1.29, 1.82) is 0 Å². The average Bonchev–Trinajstić information content (AvgIpc) is 3.38. The van der Waals surface area contributed by atoms with E-state index in [0.29, 0.717) is 25.1 Å². The van der Waals surface area contributed by atoms with Crippen LogP contribution in [0.5, 0.6) is 0 Å². The highest BCUT2D eigenvalue weighted by molar-refractivity contribution is 7.90. The van der Waals surface area contributed by atoms with Crippen molar-refractivity contribution in [2.45, 2.75) is 43.5 Å². The Balaban J connectivity index is 1.43. The first-order valence-corrected chi connectivity index (χ1v) is 13.4. The van der Waals surface area contributed by atoms with Crippen molar-refractivity contribution in [2.75, 3.05) is 0 Å². The van der Waals surface area contributed by atoms with Gasteiger partial charge >= 0.3 is 0 Å². The Kier molecular flexibility index (Phi) is 8.45. The van der Waals surface area contributed by atoms with Crippen LogP contribution in [0.2, 0.25) is 0 Å². The Morgan fingerprint density at radius 3 is 2.38 bits per heavy atom. The van der Waals surface area contributed by atoms with Crippen molar-refractivity contribution in [3.05, 3.63) is 119 Å². The molecule has 6 nitrogen and oxygen atoms in total. The maximum Gasteiger partial charge on any atom is 0.264 e. The summed E-state index contributed by atoms with van der Waals surface area (Å²) in [6.07, 6.45) is 6.50. The zero-order chi connectivity index (χ0) is 26.3. The Bertz CT molecular complexity index is 1460. The van der Waals surface area contributed by atoms with E-state index in [1.54, 1.807) is 6.20 Å². The van der Waals surface area contributed by atoms with E-state index in [1.807, 2.05) is 52.0 Å². The molecular formula is C28H27F2N3O3S. The van der Waals surface area contributed by atoms with Crippen LogP contribution in [0.25, 0.3) is 0 Å². The van der Waals surface area contributed by atoms with E-state index in [1.165, 1.54) is 5.56 Å². The lowest BCUT2D eigenvalue weighted by molar-refractivity contribution is -0.119. The van der Waals surface area contributed by atoms with Gasteiger partial charge in [0.2, 0.25) is 5.91 Å². The monoisotopic (exact) mass is 523 g/mol. The molecule has 0 atom stereocenters. The second-order valence-electron chi connectivity index (χ2n) is 8.75. The summed E-state index contributed by atoms with van der Waals surface area (Å²) in [7, 11) is -4.31. The van der Waals surface area contributed by atoms with Gasteiger partial charge in [0.15, 0.2) is 11.6 Å². The fourth-order valence-corrected chi connectivity index (χ4v) is 5.14. The number of sulfonamides is 1. The van der Waals surface area contributed by atoms with Crippen molar-refractivity contribution < 1.29 is 22.0 Å². The third kappa shape index (κ3) is 7.33. The van der Waals surface area contributed by atoms with Crippen LogP contribution in [-0.4, -0.2) is 24.1 Å². The van der Waals surface area contributed by atoms with Crippen LogP contribution in [0.4, 0.5) is 8.78 Å². The van der Waals surface area contributed by atoms with Crippen LogP contribution >= 0.6 is 0 Å². The molecular weight excluding hydrogens is 496 g/mol. The number of carbonyl (C=O) groups is 1. The first kappa shape index (κ1) is 26.2. The number of carbonyl (C=O) groups excluding carboxylic acids is 1. The third-order valence-electron chi connectivity index (χ3n) is 6.00. The predicted molar refractivity (Wildman–Crippen MR) is 136 cm³/mol. The van der Waals surface area contributed by atoms with Crippen LogP contribution in [0, 0.1) is 11.6 Å². The van der Waals surface area contributed by atoms with Gasteiger partial charge < -0.3 is 0 Å². The van der Waals surface area contributed by atoms with Gasteiger partial charge in [0, 0.05) is 18.8 Å². The molecule has 4 rings (SSSR count). The molecule has 192 valence electrons. The second kappa shape index (κ2) is 11.9. The summed E-state index contributed by atoms with van der Waals surface area (Å²) in [6, 6.07) is 20.3. The third-order valence-corrected chi connectivity index (χ3v) is 7.37. The lowest BCUT2D eigenvalue weighted by Gasteiger charge is -2.13. The Hall–Kier alpha value is -3.85. The minimum absolute atomic E-state index is 0.0763. The van der Waals surface area contributed by atoms with Crippen LogP contribution < -0.4 is 4.72 Å². The smallest absolute Gasteiger partial charge is 0.264 e. The maximum atomic E-state index is 13.5. The van der Waals surface area contributed by atoms with Crippen LogP contribution in [0.1, 0.15) is 35.1 Å². The topological polar surface area (TPSA) is 81.1 Å². The molecule has 0 saturated heterocycles.